The molecule has 0 aliphatic rings. The number of hydrogen-bond acceptors (Lipinski definition) is 2. The quantitative estimate of drug-likeness (QED) is 0.314. The van der Waals surface area contributed by atoms with E-state index in [4.69, 9.17) is 0 Å². The number of nitrogens with zero attached hydrogens (tertiary/aromatic N) is 1. The van der Waals surface area contributed by atoms with Crippen molar-refractivity contribution in [2.24, 2.45) is 0 Å². The highest BCUT2D eigenvalue weighted by Gasteiger charge is 2.13. The van der Waals surface area contributed by atoms with Crippen LogP contribution in [0.1, 0.15) is 0 Å². The van der Waals surface area contributed by atoms with Gasteiger partial charge in [-0.25, -0.2) is 0 Å². The van der Waals surface area contributed by atoms with E-state index >= 15 is 0 Å². The van der Waals surface area contributed by atoms with Crippen LogP contribution in [0.4, 0.5) is 17.1 Å². The fourth-order valence-electron chi connectivity index (χ4n) is 2.96. The first kappa shape index (κ1) is 17.9. The van der Waals surface area contributed by atoms with Gasteiger partial charge in [-0.15, -0.1) is 0 Å². The van der Waals surface area contributed by atoms with E-state index in [1.54, 1.807) is 11.8 Å². The predicted octanol–water partition coefficient (Wildman–Crippen LogP) is 8.07. The minimum absolute atomic E-state index is 1.07. The highest BCUT2D eigenvalue weighted by atomic mass is 79.9. The van der Waals surface area contributed by atoms with Crippen molar-refractivity contribution < 1.29 is 0 Å². The van der Waals surface area contributed by atoms with E-state index in [1.165, 1.54) is 9.79 Å². The molecule has 0 aliphatic carbocycles. The van der Waals surface area contributed by atoms with Gasteiger partial charge in [-0.3, -0.25) is 0 Å². The molecule has 132 valence electrons. The Kier molecular flexibility index (Phi) is 5.61. The van der Waals surface area contributed by atoms with E-state index in [9.17, 15) is 0 Å². The van der Waals surface area contributed by atoms with E-state index in [0.29, 0.717) is 0 Å². The van der Waals surface area contributed by atoms with E-state index in [0.717, 1.165) is 21.5 Å². The summed E-state index contributed by atoms with van der Waals surface area (Å²) in [4.78, 5) is 4.70. The van der Waals surface area contributed by atoms with Gasteiger partial charge < -0.3 is 4.90 Å². The fraction of sp³-hybridized carbons (Fsp3) is 0. The minimum Gasteiger partial charge on any atom is -0.310 e. The third-order valence-electron chi connectivity index (χ3n) is 4.12. The summed E-state index contributed by atoms with van der Waals surface area (Å²) >= 11 is 5.47. The molecule has 0 radical (unpaired) electrons. The number of anilines is 3. The molecule has 0 aliphatic heterocycles. The molecule has 4 aromatic carbocycles. The highest BCUT2D eigenvalue weighted by Crippen LogP contribution is 2.39. The Hall–Kier alpha value is -2.49. The van der Waals surface area contributed by atoms with Crippen molar-refractivity contribution in [2.45, 2.75) is 9.79 Å². The Labute approximate surface area is 172 Å². The fourth-order valence-corrected chi connectivity index (χ4v) is 4.53. The van der Waals surface area contributed by atoms with Crippen LogP contribution < -0.4 is 4.90 Å². The van der Waals surface area contributed by atoms with Crippen molar-refractivity contribution in [3.05, 3.63) is 114 Å². The number of benzene rings is 4. The molecule has 0 saturated heterocycles. The van der Waals surface area contributed by atoms with Gasteiger partial charge in [0.05, 0.1) is 0 Å². The molecular weight excluding hydrogens is 414 g/mol. The van der Waals surface area contributed by atoms with Crippen LogP contribution in [0.5, 0.6) is 0 Å². The van der Waals surface area contributed by atoms with Gasteiger partial charge >= 0.3 is 0 Å². The average molecular weight is 432 g/mol. The van der Waals surface area contributed by atoms with Gasteiger partial charge in [0.15, 0.2) is 0 Å². The second-order valence-corrected chi connectivity index (χ2v) is 8.13. The molecular formula is C24H18BrNS. The van der Waals surface area contributed by atoms with Crippen LogP contribution in [0.3, 0.4) is 0 Å². The Balaban J connectivity index is 1.78. The molecule has 0 amide bonds. The molecule has 0 atom stereocenters. The summed E-state index contributed by atoms with van der Waals surface area (Å²) in [5, 5.41) is 0. The molecule has 3 heteroatoms. The molecule has 0 fully saturated rings. The molecule has 1 nitrogen and oxygen atoms in total. The van der Waals surface area contributed by atoms with Crippen LogP contribution in [0.25, 0.3) is 0 Å². The Bertz CT molecular complexity index is 965. The summed E-state index contributed by atoms with van der Waals surface area (Å²) in [5.41, 5.74) is 3.40. The molecule has 0 unspecified atom stereocenters. The predicted molar refractivity (Wildman–Crippen MR) is 119 cm³/mol. The zero-order chi connectivity index (χ0) is 18.5. The lowest BCUT2D eigenvalue weighted by molar-refractivity contribution is 1.25. The van der Waals surface area contributed by atoms with Crippen molar-refractivity contribution >= 4 is 44.8 Å². The zero-order valence-electron chi connectivity index (χ0n) is 14.6. The first-order chi connectivity index (χ1) is 13.3. The van der Waals surface area contributed by atoms with Crippen LogP contribution in [-0.2, 0) is 0 Å². The van der Waals surface area contributed by atoms with Crippen molar-refractivity contribution in [1.82, 2.24) is 0 Å². The first-order valence-corrected chi connectivity index (χ1v) is 10.3. The number of hydrogen-bond donors (Lipinski definition) is 0. The molecule has 0 spiro atoms. The van der Waals surface area contributed by atoms with Gasteiger partial charge in [0.2, 0.25) is 0 Å². The van der Waals surface area contributed by atoms with Gasteiger partial charge in [0, 0.05) is 31.3 Å². The summed E-state index contributed by atoms with van der Waals surface area (Å²) in [6.45, 7) is 0. The van der Waals surface area contributed by atoms with E-state index in [2.05, 4.69) is 112 Å². The summed E-state index contributed by atoms with van der Waals surface area (Å²) in [6, 6.07) is 37.9. The minimum atomic E-state index is 1.07. The van der Waals surface area contributed by atoms with Crippen molar-refractivity contribution in [3.63, 3.8) is 0 Å². The molecule has 27 heavy (non-hydrogen) atoms. The molecule has 0 heterocycles. The summed E-state index contributed by atoms with van der Waals surface area (Å²) < 4.78 is 1.07. The van der Waals surface area contributed by atoms with E-state index < -0.39 is 0 Å². The van der Waals surface area contributed by atoms with Gasteiger partial charge in [0.1, 0.15) is 0 Å². The average Bonchev–Trinajstić information content (AvgIpc) is 2.70. The van der Waals surface area contributed by atoms with E-state index in [1.807, 2.05) is 18.2 Å². The third kappa shape index (κ3) is 4.44. The SMILES string of the molecule is Brc1cc(Sc2ccccc2)cc(N(c2ccccc2)c2ccccc2)c1. The molecule has 4 aromatic rings. The third-order valence-corrected chi connectivity index (χ3v) is 5.56. The lowest BCUT2D eigenvalue weighted by Crippen LogP contribution is -2.09. The maximum absolute atomic E-state index is 3.70. The smallest absolute Gasteiger partial charge is 0.0484 e. The van der Waals surface area contributed by atoms with Crippen LogP contribution in [0, 0.1) is 0 Å². The van der Waals surface area contributed by atoms with Gasteiger partial charge in [-0.05, 0) is 54.6 Å². The van der Waals surface area contributed by atoms with Gasteiger partial charge in [-0.1, -0.05) is 82.3 Å². The number of para-hydroxylation sites is 2. The largest absolute Gasteiger partial charge is 0.310 e. The molecule has 0 N–H and O–H groups in total. The second kappa shape index (κ2) is 8.47. The molecule has 0 bridgehead atoms. The standard InChI is InChI=1S/C24H18BrNS/c25-19-16-22(18-24(17-19)27-23-14-8-3-9-15-23)26(20-10-4-1-5-11-20)21-12-6-2-7-13-21/h1-18H. The van der Waals surface area contributed by atoms with Crippen molar-refractivity contribution in [2.75, 3.05) is 4.90 Å². The normalized spacial score (nSPS) is 10.6. The van der Waals surface area contributed by atoms with Gasteiger partial charge in [0.25, 0.3) is 0 Å². The van der Waals surface area contributed by atoms with Crippen LogP contribution in [0.15, 0.2) is 123 Å². The van der Waals surface area contributed by atoms with Crippen molar-refractivity contribution in [1.29, 1.82) is 0 Å². The summed E-state index contributed by atoms with van der Waals surface area (Å²) in [5.74, 6) is 0. The maximum Gasteiger partial charge on any atom is 0.0484 e. The summed E-state index contributed by atoms with van der Waals surface area (Å²) in [6.07, 6.45) is 0. The molecule has 4 rings (SSSR count). The first-order valence-electron chi connectivity index (χ1n) is 8.73. The Morgan fingerprint density at radius 3 is 1.59 bits per heavy atom. The summed E-state index contributed by atoms with van der Waals surface area (Å²) in [7, 11) is 0. The van der Waals surface area contributed by atoms with Crippen LogP contribution in [-0.4, -0.2) is 0 Å². The topological polar surface area (TPSA) is 3.24 Å². The Morgan fingerprint density at radius 1 is 0.519 bits per heavy atom. The van der Waals surface area contributed by atoms with Crippen LogP contribution >= 0.6 is 27.7 Å². The second-order valence-electron chi connectivity index (χ2n) is 6.07. The lowest BCUT2D eigenvalue weighted by atomic mass is 10.2. The molecule has 0 aromatic heterocycles. The zero-order valence-corrected chi connectivity index (χ0v) is 17.0. The number of halogens is 1. The maximum atomic E-state index is 3.70. The molecule has 0 saturated carbocycles. The van der Waals surface area contributed by atoms with E-state index in [-0.39, 0.29) is 0 Å². The van der Waals surface area contributed by atoms with Crippen LogP contribution in [0.2, 0.25) is 0 Å². The monoisotopic (exact) mass is 431 g/mol. The lowest BCUT2D eigenvalue weighted by Gasteiger charge is -2.26. The number of rotatable bonds is 5. The van der Waals surface area contributed by atoms with Crippen molar-refractivity contribution in [3.8, 4) is 0 Å². The van der Waals surface area contributed by atoms with Gasteiger partial charge in [-0.2, -0.15) is 0 Å². The highest BCUT2D eigenvalue weighted by molar-refractivity contribution is 9.10. The Morgan fingerprint density at radius 2 is 1.04 bits per heavy atom.